The van der Waals surface area contributed by atoms with Crippen LogP contribution in [0.5, 0.6) is 0 Å². The van der Waals surface area contributed by atoms with Crippen LogP contribution >= 0.6 is 0 Å². The molecule has 0 amide bonds. The number of carboxylic acid groups (broad SMARTS) is 1. The van der Waals surface area contributed by atoms with E-state index in [1.54, 1.807) is 24.3 Å². The Morgan fingerprint density at radius 1 is 1.21 bits per heavy atom. The minimum atomic E-state index is -3.92. The molecule has 1 N–H and O–H groups in total. The molecule has 7 heteroatoms. The summed E-state index contributed by atoms with van der Waals surface area (Å²) < 4.78 is 27.4. The Kier molecular flexibility index (Phi) is 4.53. The summed E-state index contributed by atoms with van der Waals surface area (Å²) in [6.07, 6.45) is 4.33. The molecule has 1 aromatic carbocycles. The molecule has 2 aromatic rings. The molecule has 0 unspecified atom stereocenters. The van der Waals surface area contributed by atoms with Gasteiger partial charge in [0.15, 0.2) is 5.03 Å². The first-order valence-corrected chi connectivity index (χ1v) is 9.19. The average Bonchev–Trinajstić information content (AvgIpc) is 2.54. The molecule has 3 rings (SSSR count). The van der Waals surface area contributed by atoms with Crippen molar-refractivity contribution in [2.24, 2.45) is 5.92 Å². The Morgan fingerprint density at radius 3 is 2.50 bits per heavy atom. The Morgan fingerprint density at radius 2 is 1.92 bits per heavy atom. The minimum Gasteiger partial charge on any atom is -0.478 e. The zero-order valence-corrected chi connectivity index (χ0v) is 13.8. The molecule has 6 nitrogen and oxygen atoms in total. The number of rotatable bonds is 6. The lowest BCUT2D eigenvalue weighted by Crippen LogP contribution is -2.38. The second-order valence-corrected chi connectivity index (χ2v) is 7.67. The SMILES string of the molecule is O=C(O)c1ccnc(S(=O)(=O)N(CC2CCC2)c2ccccc2)c1. The maximum atomic E-state index is 13.1. The lowest BCUT2D eigenvalue weighted by molar-refractivity contribution is 0.0696. The van der Waals surface area contributed by atoms with E-state index in [2.05, 4.69) is 4.98 Å². The number of para-hydroxylation sites is 1. The zero-order chi connectivity index (χ0) is 17.2. The van der Waals surface area contributed by atoms with Gasteiger partial charge in [0.1, 0.15) is 0 Å². The molecule has 24 heavy (non-hydrogen) atoms. The Hall–Kier alpha value is -2.41. The molecule has 1 saturated carbocycles. The van der Waals surface area contributed by atoms with Crippen molar-refractivity contribution in [3.05, 3.63) is 54.2 Å². The summed E-state index contributed by atoms with van der Waals surface area (Å²) in [7, 11) is -3.92. The number of benzene rings is 1. The van der Waals surface area contributed by atoms with Gasteiger partial charge in [0.25, 0.3) is 10.0 Å². The van der Waals surface area contributed by atoms with Crippen molar-refractivity contribution in [3.63, 3.8) is 0 Å². The van der Waals surface area contributed by atoms with Gasteiger partial charge in [0.05, 0.1) is 11.3 Å². The van der Waals surface area contributed by atoms with E-state index in [9.17, 15) is 13.2 Å². The van der Waals surface area contributed by atoms with Crippen LogP contribution in [0, 0.1) is 5.92 Å². The van der Waals surface area contributed by atoms with E-state index in [0.29, 0.717) is 18.2 Å². The van der Waals surface area contributed by atoms with Gasteiger partial charge in [-0.15, -0.1) is 0 Å². The molecule has 0 bridgehead atoms. The van der Waals surface area contributed by atoms with Crippen LogP contribution in [0.15, 0.2) is 53.7 Å². The molecule has 126 valence electrons. The Labute approximate surface area is 140 Å². The maximum absolute atomic E-state index is 13.1. The number of aromatic nitrogens is 1. The highest BCUT2D eigenvalue weighted by Crippen LogP contribution is 2.31. The number of anilines is 1. The van der Waals surface area contributed by atoms with Crippen LogP contribution in [0.25, 0.3) is 0 Å². The molecule has 1 aromatic heterocycles. The van der Waals surface area contributed by atoms with Gasteiger partial charge in [-0.25, -0.2) is 9.78 Å². The summed E-state index contributed by atoms with van der Waals surface area (Å²) in [6.45, 7) is 0.380. The molecule has 0 saturated heterocycles. The van der Waals surface area contributed by atoms with E-state index in [1.165, 1.54) is 16.6 Å². The number of pyridine rings is 1. The van der Waals surface area contributed by atoms with Crippen LogP contribution in [0.2, 0.25) is 0 Å². The number of hydrogen-bond acceptors (Lipinski definition) is 4. The molecular weight excluding hydrogens is 328 g/mol. The molecule has 1 aliphatic rings. The number of sulfonamides is 1. The predicted octanol–water partition coefficient (Wildman–Crippen LogP) is 2.78. The highest BCUT2D eigenvalue weighted by Gasteiger charge is 2.31. The molecule has 1 fully saturated rings. The number of carboxylic acids is 1. The van der Waals surface area contributed by atoms with Crippen LogP contribution in [-0.2, 0) is 10.0 Å². The van der Waals surface area contributed by atoms with Gasteiger partial charge in [-0.05, 0) is 43.0 Å². The zero-order valence-electron chi connectivity index (χ0n) is 13.0. The highest BCUT2D eigenvalue weighted by molar-refractivity contribution is 7.92. The highest BCUT2D eigenvalue weighted by atomic mass is 32.2. The fourth-order valence-corrected chi connectivity index (χ4v) is 4.14. The lowest BCUT2D eigenvalue weighted by Gasteiger charge is -2.32. The smallest absolute Gasteiger partial charge is 0.335 e. The third-order valence-electron chi connectivity index (χ3n) is 4.23. The summed E-state index contributed by atoms with van der Waals surface area (Å²) in [6, 6.07) is 11.2. The Bertz CT molecular complexity index is 833. The van der Waals surface area contributed by atoms with Crippen LogP contribution in [0.4, 0.5) is 5.69 Å². The van der Waals surface area contributed by atoms with Crippen molar-refractivity contribution in [2.45, 2.75) is 24.3 Å². The van der Waals surface area contributed by atoms with Gasteiger partial charge in [-0.2, -0.15) is 8.42 Å². The first-order chi connectivity index (χ1) is 11.5. The van der Waals surface area contributed by atoms with Gasteiger partial charge in [-0.1, -0.05) is 24.6 Å². The van der Waals surface area contributed by atoms with Crippen molar-refractivity contribution >= 4 is 21.7 Å². The van der Waals surface area contributed by atoms with Crippen LogP contribution in [-0.4, -0.2) is 31.0 Å². The van der Waals surface area contributed by atoms with Gasteiger partial charge in [0.2, 0.25) is 0 Å². The van der Waals surface area contributed by atoms with E-state index < -0.39 is 16.0 Å². The van der Waals surface area contributed by atoms with Crippen molar-refractivity contribution in [3.8, 4) is 0 Å². The molecule has 0 spiro atoms. The molecule has 0 aliphatic heterocycles. The van der Waals surface area contributed by atoms with Crippen molar-refractivity contribution < 1.29 is 18.3 Å². The topological polar surface area (TPSA) is 87.6 Å². The van der Waals surface area contributed by atoms with E-state index in [-0.39, 0.29) is 10.6 Å². The Balaban J connectivity index is 2.01. The second kappa shape index (κ2) is 6.60. The fourth-order valence-electron chi connectivity index (χ4n) is 2.64. The number of aromatic carboxylic acids is 1. The first kappa shape index (κ1) is 16.4. The average molecular weight is 346 g/mol. The molecule has 0 atom stereocenters. The summed E-state index contributed by atoms with van der Waals surface area (Å²) >= 11 is 0. The summed E-state index contributed by atoms with van der Waals surface area (Å²) in [5.41, 5.74) is 0.465. The second-order valence-electron chi connectivity index (χ2n) is 5.86. The third kappa shape index (κ3) is 3.26. The van der Waals surface area contributed by atoms with Crippen LogP contribution in [0.3, 0.4) is 0 Å². The summed E-state index contributed by atoms with van der Waals surface area (Å²) in [4.78, 5) is 15.0. The third-order valence-corrected chi connectivity index (χ3v) is 5.92. The fraction of sp³-hybridized carbons (Fsp3) is 0.294. The van der Waals surface area contributed by atoms with Gasteiger partial charge < -0.3 is 5.11 Å². The quantitative estimate of drug-likeness (QED) is 0.869. The van der Waals surface area contributed by atoms with Gasteiger partial charge in [0, 0.05) is 12.7 Å². The van der Waals surface area contributed by atoms with E-state index in [0.717, 1.165) is 25.3 Å². The monoisotopic (exact) mass is 346 g/mol. The van der Waals surface area contributed by atoms with Crippen molar-refractivity contribution in [1.82, 2.24) is 4.98 Å². The molecule has 1 heterocycles. The van der Waals surface area contributed by atoms with Crippen LogP contribution in [0.1, 0.15) is 29.6 Å². The van der Waals surface area contributed by atoms with Gasteiger partial charge >= 0.3 is 5.97 Å². The van der Waals surface area contributed by atoms with E-state index in [4.69, 9.17) is 5.11 Å². The summed E-state index contributed by atoms with van der Waals surface area (Å²) in [5, 5.41) is 8.84. The first-order valence-electron chi connectivity index (χ1n) is 7.75. The standard InChI is InChI=1S/C17H18N2O4S/c20-17(21)14-9-10-18-16(11-14)24(22,23)19(12-13-5-4-6-13)15-7-2-1-3-8-15/h1-3,7-11,13H,4-6,12H2,(H,20,21). The van der Waals surface area contributed by atoms with Crippen molar-refractivity contribution in [1.29, 1.82) is 0 Å². The lowest BCUT2D eigenvalue weighted by atomic mass is 9.85. The van der Waals surface area contributed by atoms with Crippen molar-refractivity contribution in [2.75, 3.05) is 10.8 Å². The number of hydrogen-bond donors (Lipinski definition) is 1. The number of carbonyl (C=O) groups is 1. The molecule has 1 aliphatic carbocycles. The van der Waals surface area contributed by atoms with E-state index in [1.807, 2.05) is 6.07 Å². The molecular formula is C17H18N2O4S. The molecule has 0 radical (unpaired) electrons. The minimum absolute atomic E-state index is 0.0970. The largest absolute Gasteiger partial charge is 0.478 e. The maximum Gasteiger partial charge on any atom is 0.335 e. The summed E-state index contributed by atoms with van der Waals surface area (Å²) in [5.74, 6) is -0.859. The van der Waals surface area contributed by atoms with E-state index >= 15 is 0 Å². The normalized spacial score (nSPS) is 14.8. The predicted molar refractivity (Wildman–Crippen MR) is 89.5 cm³/mol. The van der Waals surface area contributed by atoms with Crippen LogP contribution < -0.4 is 4.31 Å². The van der Waals surface area contributed by atoms with Gasteiger partial charge in [-0.3, -0.25) is 4.31 Å². The number of nitrogens with zero attached hydrogens (tertiary/aromatic N) is 2.